The molecule has 0 radical (unpaired) electrons. The van der Waals surface area contributed by atoms with E-state index in [4.69, 9.17) is 5.41 Å². The van der Waals surface area contributed by atoms with Gasteiger partial charge in [-0.2, -0.15) is 52.7 Å². The van der Waals surface area contributed by atoms with Gasteiger partial charge in [0.25, 0.3) is 5.84 Å². The van der Waals surface area contributed by atoms with Crippen molar-refractivity contribution in [2.75, 3.05) is 14.1 Å². The maximum Gasteiger partial charge on any atom is 0.428 e. The van der Waals surface area contributed by atoms with Crippen LogP contribution in [0.4, 0.5) is 52.7 Å². The van der Waals surface area contributed by atoms with Crippen LogP contribution in [0, 0.1) is 11.5 Å². The Morgan fingerprint density at radius 3 is 1.48 bits per heavy atom. The van der Waals surface area contributed by atoms with Crippen LogP contribution < -0.4 is 0 Å². The molecule has 27 heavy (non-hydrogen) atoms. The van der Waals surface area contributed by atoms with Crippen LogP contribution in [0.1, 0.15) is 0 Å². The summed E-state index contributed by atoms with van der Waals surface area (Å²) in [6.45, 7) is 0. The highest BCUT2D eigenvalue weighted by Crippen LogP contribution is 2.63. The minimum atomic E-state index is -6.62. The second-order valence-electron chi connectivity index (χ2n) is 4.73. The van der Waals surface area contributed by atoms with E-state index in [0.29, 0.717) is 0 Å². The lowest BCUT2D eigenvalue weighted by Gasteiger charge is -2.33. The van der Waals surface area contributed by atoms with Crippen LogP contribution in [0.25, 0.3) is 4.25 Å². The molecule has 158 valence electrons. The molecule has 0 aliphatic carbocycles. The van der Waals surface area contributed by atoms with Gasteiger partial charge in [-0.05, 0) is 0 Å². The maximum absolute atomic E-state index is 13.0. The second-order valence-corrected chi connectivity index (χ2v) is 7.29. The number of nitrogens with one attached hydrogen (secondary N) is 1. The molecule has 0 unspecified atom stereocenters. The Hall–Kier alpha value is -1.18. The van der Waals surface area contributed by atoms with Crippen molar-refractivity contribution >= 4 is 29.5 Å². The maximum atomic E-state index is 13.0. The minimum Gasteiger partial charge on any atom is -0.351 e. The standard InChI is InChI=1S/C10H8F12N3S2/c1-25(2)4(23)3-24-27-8(9(17,18)19,10(20,21)22)26-5(6(11,12)13)7(14,15)16/h5,23H,1-2H3/q+1. The van der Waals surface area contributed by atoms with Crippen LogP contribution in [-0.4, -0.2) is 58.9 Å². The van der Waals surface area contributed by atoms with Crippen molar-refractivity contribution < 1.29 is 52.7 Å². The van der Waals surface area contributed by atoms with Gasteiger partial charge in [0.1, 0.15) is 0 Å². The summed E-state index contributed by atoms with van der Waals surface area (Å²) in [6.07, 6.45) is -26.2. The molecule has 0 aliphatic rings. The van der Waals surface area contributed by atoms with E-state index in [0.717, 1.165) is 19.0 Å². The SMILES string of the molecule is CN(C)C(=N)C#[N+]SC(SC(C(F)(F)F)C(F)(F)F)(C(F)(F)F)C(F)(F)F. The van der Waals surface area contributed by atoms with E-state index in [1.54, 1.807) is 0 Å². The predicted octanol–water partition coefficient (Wildman–Crippen LogP) is 5.55. The van der Waals surface area contributed by atoms with E-state index in [-0.39, 0.29) is 0 Å². The molecule has 0 saturated carbocycles. The molecule has 0 aliphatic heterocycles. The summed E-state index contributed by atoms with van der Waals surface area (Å²) in [5.74, 6) is -0.881. The summed E-state index contributed by atoms with van der Waals surface area (Å²) in [6, 6.07) is 1.35. The molecule has 0 bridgehead atoms. The van der Waals surface area contributed by atoms with Gasteiger partial charge in [0, 0.05) is 18.3 Å². The van der Waals surface area contributed by atoms with E-state index >= 15 is 0 Å². The first-order chi connectivity index (χ1) is 11.7. The van der Waals surface area contributed by atoms with E-state index in [2.05, 4.69) is 4.25 Å². The van der Waals surface area contributed by atoms with Gasteiger partial charge in [0.05, 0.1) is 0 Å². The van der Waals surface area contributed by atoms with Gasteiger partial charge in [-0.15, -0.1) is 0 Å². The summed E-state index contributed by atoms with van der Waals surface area (Å²) in [5, 5.41) is 2.09. The zero-order chi connectivity index (χ0) is 22.1. The third-order valence-corrected chi connectivity index (χ3v) is 5.38. The smallest absolute Gasteiger partial charge is 0.351 e. The fourth-order valence-corrected chi connectivity index (χ4v) is 3.04. The number of thioether (sulfide) groups is 1. The normalized spacial score (nSPS) is 14.0. The van der Waals surface area contributed by atoms with Crippen LogP contribution in [0.5, 0.6) is 0 Å². The van der Waals surface area contributed by atoms with Crippen LogP contribution in [0.3, 0.4) is 0 Å². The number of nitrogens with zero attached hydrogens (tertiary/aromatic N) is 2. The lowest BCUT2D eigenvalue weighted by Crippen LogP contribution is -2.55. The van der Waals surface area contributed by atoms with E-state index in [1.807, 2.05) is 0 Å². The van der Waals surface area contributed by atoms with E-state index < -0.39 is 63.6 Å². The van der Waals surface area contributed by atoms with Crippen LogP contribution in [0.2, 0.25) is 0 Å². The third kappa shape index (κ3) is 6.43. The Morgan fingerprint density at radius 1 is 0.852 bits per heavy atom. The highest BCUT2D eigenvalue weighted by molar-refractivity contribution is 8.19. The molecule has 0 aromatic carbocycles. The number of rotatable bonds is 3. The van der Waals surface area contributed by atoms with Crippen molar-refractivity contribution in [3.8, 4) is 6.07 Å². The lowest BCUT2D eigenvalue weighted by atomic mass is 10.4. The molecule has 17 heteroatoms. The zero-order valence-corrected chi connectivity index (χ0v) is 14.5. The Balaban J connectivity index is 6.39. The summed E-state index contributed by atoms with van der Waals surface area (Å²) in [7, 11) is 2.21. The predicted molar refractivity (Wildman–Crippen MR) is 74.6 cm³/mol. The molecular formula is C10H8F12N3S2+. The number of halogens is 12. The largest absolute Gasteiger partial charge is 0.428 e. The van der Waals surface area contributed by atoms with Crippen molar-refractivity contribution in [2.45, 2.75) is 34.0 Å². The van der Waals surface area contributed by atoms with Gasteiger partial charge in [-0.25, -0.2) is 0 Å². The number of hydrogen-bond donors (Lipinski definition) is 1. The molecule has 0 amide bonds. The fourth-order valence-electron chi connectivity index (χ4n) is 1.13. The average Bonchev–Trinajstić information content (AvgIpc) is 2.36. The molecule has 0 aromatic rings. The van der Waals surface area contributed by atoms with Crippen LogP contribution >= 0.6 is 23.7 Å². The monoisotopic (exact) mass is 462 g/mol. The molecule has 3 nitrogen and oxygen atoms in total. The van der Waals surface area contributed by atoms with Gasteiger partial charge in [-0.3, -0.25) is 5.41 Å². The first-order valence-corrected chi connectivity index (χ1v) is 7.67. The van der Waals surface area contributed by atoms with Crippen molar-refractivity contribution in [1.29, 1.82) is 5.41 Å². The number of hydrogen-bond acceptors (Lipinski definition) is 3. The molecule has 0 saturated heterocycles. The Labute approximate surface area is 151 Å². The van der Waals surface area contributed by atoms with Crippen molar-refractivity contribution in [3.05, 3.63) is 4.25 Å². The Bertz CT molecular complexity index is 564. The average molecular weight is 462 g/mol. The topological polar surface area (TPSA) is 31.5 Å². The minimum absolute atomic E-state index is 0.800. The molecule has 0 spiro atoms. The van der Waals surface area contributed by atoms with Gasteiger partial charge in [0.2, 0.25) is 0 Å². The highest BCUT2D eigenvalue weighted by atomic mass is 32.2. The summed E-state index contributed by atoms with van der Waals surface area (Å²) >= 11 is -4.08. The molecular weight excluding hydrogens is 454 g/mol. The Kier molecular flexibility index (Phi) is 7.70. The first kappa shape index (κ1) is 25.8. The van der Waals surface area contributed by atoms with Crippen LogP contribution in [0.15, 0.2) is 0 Å². The number of alkyl halides is 12. The first-order valence-electron chi connectivity index (χ1n) is 6.01. The van der Waals surface area contributed by atoms with Crippen molar-refractivity contribution in [3.63, 3.8) is 0 Å². The van der Waals surface area contributed by atoms with Gasteiger partial charge in [0.15, 0.2) is 5.25 Å². The van der Waals surface area contributed by atoms with E-state index in [9.17, 15) is 52.7 Å². The zero-order valence-electron chi connectivity index (χ0n) is 12.8. The van der Waals surface area contributed by atoms with E-state index in [1.165, 1.54) is 6.07 Å². The molecule has 0 aromatic heterocycles. The molecule has 0 fully saturated rings. The third-order valence-electron chi connectivity index (χ3n) is 2.40. The molecule has 0 atom stereocenters. The molecule has 0 heterocycles. The number of amidine groups is 1. The Morgan fingerprint density at radius 2 is 1.22 bits per heavy atom. The van der Waals surface area contributed by atoms with Gasteiger partial charge >= 0.3 is 46.8 Å². The molecule has 0 rings (SSSR count). The quantitative estimate of drug-likeness (QED) is 0.196. The van der Waals surface area contributed by atoms with Crippen molar-refractivity contribution in [1.82, 2.24) is 4.90 Å². The lowest BCUT2D eigenvalue weighted by molar-refractivity contribution is -0.241. The fraction of sp³-hybridized carbons (Fsp3) is 0.800. The summed E-state index contributed by atoms with van der Waals surface area (Å²) in [5.41, 5.74) is 0. The van der Waals surface area contributed by atoms with Gasteiger partial charge < -0.3 is 4.90 Å². The summed E-state index contributed by atoms with van der Waals surface area (Å²) in [4.78, 5) is 0.800. The second kappa shape index (κ2) is 8.05. The highest BCUT2D eigenvalue weighted by Gasteiger charge is 2.81. The van der Waals surface area contributed by atoms with Crippen molar-refractivity contribution in [2.24, 2.45) is 0 Å². The van der Waals surface area contributed by atoms with Gasteiger partial charge in [-0.1, -0.05) is 11.8 Å². The molecule has 1 N–H and O–H groups in total. The van der Waals surface area contributed by atoms with Crippen LogP contribution in [-0.2, 0) is 0 Å². The summed E-state index contributed by atoms with van der Waals surface area (Å²) < 4.78 is 150.